The van der Waals surface area contributed by atoms with Crippen LogP contribution in [0.2, 0.25) is 0 Å². The third-order valence-corrected chi connectivity index (χ3v) is 3.50. The number of carbonyl (C=O) groups excluding carboxylic acids is 1. The van der Waals surface area contributed by atoms with Crippen molar-refractivity contribution >= 4 is 16.7 Å². The molecule has 0 aliphatic carbocycles. The summed E-state index contributed by atoms with van der Waals surface area (Å²) in [4.78, 5) is 19.3. The van der Waals surface area contributed by atoms with Crippen LogP contribution in [0, 0.1) is 0 Å². The zero-order valence-corrected chi connectivity index (χ0v) is 11.7. The summed E-state index contributed by atoms with van der Waals surface area (Å²) < 4.78 is 2.03. The SMILES string of the molecule is O=C(CNCCCn1ccnc1)c1c[nH]c2ccccc12. The molecule has 0 radical (unpaired) electrons. The van der Waals surface area contributed by atoms with Crippen molar-refractivity contribution in [1.82, 2.24) is 19.9 Å². The summed E-state index contributed by atoms with van der Waals surface area (Å²) in [5.41, 5.74) is 1.76. The zero-order chi connectivity index (χ0) is 14.5. The monoisotopic (exact) mass is 282 g/mol. The van der Waals surface area contributed by atoms with Crippen molar-refractivity contribution in [2.24, 2.45) is 0 Å². The van der Waals surface area contributed by atoms with Gasteiger partial charge in [-0.25, -0.2) is 4.98 Å². The minimum Gasteiger partial charge on any atom is -0.360 e. The largest absolute Gasteiger partial charge is 0.360 e. The van der Waals surface area contributed by atoms with Gasteiger partial charge in [-0.3, -0.25) is 4.79 Å². The van der Waals surface area contributed by atoms with E-state index in [0.29, 0.717) is 6.54 Å². The van der Waals surface area contributed by atoms with Gasteiger partial charge in [0.2, 0.25) is 0 Å². The van der Waals surface area contributed by atoms with E-state index < -0.39 is 0 Å². The molecule has 2 N–H and O–H groups in total. The zero-order valence-electron chi connectivity index (χ0n) is 11.7. The van der Waals surface area contributed by atoms with Crippen LogP contribution in [0.25, 0.3) is 10.9 Å². The average molecular weight is 282 g/mol. The van der Waals surface area contributed by atoms with Gasteiger partial charge in [-0.1, -0.05) is 18.2 Å². The number of aromatic amines is 1. The van der Waals surface area contributed by atoms with Crippen LogP contribution < -0.4 is 5.32 Å². The highest BCUT2D eigenvalue weighted by atomic mass is 16.1. The van der Waals surface area contributed by atoms with E-state index in [1.54, 1.807) is 18.7 Å². The summed E-state index contributed by atoms with van der Waals surface area (Å²) in [7, 11) is 0. The predicted octanol–water partition coefficient (Wildman–Crippen LogP) is 2.23. The number of Topliss-reactive ketones (excluding diaryl/α,β-unsaturated/α-hetero) is 1. The van der Waals surface area contributed by atoms with E-state index in [1.165, 1.54) is 0 Å². The topological polar surface area (TPSA) is 62.7 Å². The van der Waals surface area contributed by atoms with E-state index in [2.05, 4.69) is 15.3 Å². The third-order valence-electron chi connectivity index (χ3n) is 3.50. The number of nitrogens with zero attached hydrogens (tertiary/aromatic N) is 2. The summed E-state index contributed by atoms with van der Waals surface area (Å²) in [5.74, 6) is 0.120. The van der Waals surface area contributed by atoms with E-state index in [1.807, 2.05) is 35.0 Å². The Hall–Kier alpha value is -2.40. The lowest BCUT2D eigenvalue weighted by Gasteiger charge is -2.04. The maximum Gasteiger partial charge on any atom is 0.178 e. The first-order valence-electron chi connectivity index (χ1n) is 7.10. The van der Waals surface area contributed by atoms with Gasteiger partial charge in [0, 0.05) is 41.6 Å². The second-order valence-corrected chi connectivity index (χ2v) is 5.00. The van der Waals surface area contributed by atoms with Gasteiger partial charge in [-0.15, -0.1) is 0 Å². The number of benzene rings is 1. The fourth-order valence-electron chi connectivity index (χ4n) is 2.40. The molecule has 5 nitrogen and oxygen atoms in total. The van der Waals surface area contributed by atoms with Crippen LogP contribution in [0.5, 0.6) is 0 Å². The van der Waals surface area contributed by atoms with Gasteiger partial charge >= 0.3 is 0 Å². The number of nitrogens with one attached hydrogen (secondary N) is 2. The van der Waals surface area contributed by atoms with Gasteiger partial charge in [-0.05, 0) is 19.0 Å². The van der Waals surface area contributed by atoms with Gasteiger partial charge in [0.25, 0.3) is 0 Å². The van der Waals surface area contributed by atoms with E-state index in [9.17, 15) is 4.79 Å². The molecule has 0 atom stereocenters. The Bertz CT molecular complexity index is 715. The smallest absolute Gasteiger partial charge is 0.178 e. The van der Waals surface area contributed by atoms with Crippen molar-refractivity contribution in [3.63, 3.8) is 0 Å². The van der Waals surface area contributed by atoms with Crippen molar-refractivity contribution in [2.45, 2.75) is 13.0 Å². The van der Waals surface area contributed by atoms with Gasteiger partial charge in [0.1, 0.15) is 0 Å². The molecule has 0 unspecified atom stereocenters. The van der Waals surface area contributed by atoms with Crippen LogP contribution in [0.15, 0.2) is 49.2 Å². The number of imidazole rings is 1. The van der Waals surface area contributed by atoms with Crippen molar-refractivity contribution in [3.8, 4) is 0 Å². The molecule has 0 saturated heterocycles. The Balaban J connectivity index is 1.48. The van der Waals surface area contributed by atoms with E-state index >= 15 is 0 Å². The molecule has 3 aromatic rings. The van der Waals surface area contributed by atoms with Crippen molar-refractivity contribution in [3.05, 3.63) is 54.7 Å². The molecule has 2 heterocycles. The first-order valence-corrected chi connectivity index (χ1v) is 7.10. The number of carbonyl (C=O) groups is 1. The normalized spacial score (nSPS) is 11.0. The lowest BCUT2D eigenvalue weighted by atomic mass is 10.1. The lowest BCUT2D eigenvalue weighted by molar-refractivity contribution is 0.0992. The van der Waals surface area contributed by atoms with Crippen LogP contribution in [0.1, 0.15) is 16.8 Å². The summed E-state index contributed by atoms with van der Waals surface area (Å²) in [6.45, 7) is 2.09. The second-order valence-electron chi connectivity index (χ2n) is 5.00. The van der Waals surface area contributed by atoms with E-state index in [4.69, 9.17) is 0 Å². The van der Waals surface area contributed by atoms with Crippen LogP contribution >= 0.6 is 0 Å². The minimum absolute atomic E-state index is 0.120. The number of hydrogen-bond donors (Lipinski definition) is 2. The Morgan fingerprint density at radius 1 is 1.33 bits per heavy atom. The number of H-pyrrole nitrogens is 1. The highest BCUT2D eigenvalue weighted by Gasteiger charge is 2.10. The van der Waals surface area contributed by atoms with Gasteiger partial charge < -0.3 is 14.9 Å². The van der Waals surface area contributed by atoms with Crippen LogP contribution in [0.4, 0.5) is 0 Å². The molecule has 108 valence electrons. The fourth-order valence-corrected chi connectivity index (χ4v) is 2.40. The molecule has 21 heavy (non-hydrogen) atoms. The summed E-state index contributed by atoms with van der Waals surface area (Å²) in [6.07, 6.45) is 8.28. The third kappa shape index (κ3) is 3.20. The maximum absolute atomic E-state index is 12.2. The number of para-hydroxylation sites is 1. The van der Waals surface area contributed by atoms with E-state index in [0.717, 1.165) is 36.0 Å². The Morgan fingerprint density at radius 2 is 2.24 bits per heavy atom. The molecule has 0 saturated carbocycles. The molecule has 0 fully saturated rings. The van der Waals surface area contributed by atoms with E-state index in [-0.39, 0.29) is 5.78 Å². The molecule has 0 aliphatic heterocycles. The minimum atomic E-state index is 0.120. The first-order chi connectivity index (χ1) is 10.3. The van der Waals surface area contributed by atoms with Crippen molar-refractivity contribution < 1.29 is 4.79 Å². The molecule has 0 amide bonds. The summed E-state index contributed by atoms with van der Waals surface area (Å²) in [6, 6.07) is 7.86. The standard InChI is InChI=1S/C16H18N4O/c21-16(11-17-6-3-8-20-9-7-18-12-20)14-10-19-15-5-2-1-4-13(14)15/h1-2,4-5,7,9-10,12,17,19H,3,6,8,11H2. The number of aromatic nitrogens is 3. The first kappa shape index (κ1) is 13.6. The Morgan fingerprint density at radius 3 is 3.10 bits per heavy atom. The molecule has 5 heteroatoms. The van der Waals surface area contributed by atoms with Crippen molar-refractivity contribution in [1.29, 1.82) is 0 Å². The molecular formula is C16H18N4O. The van der Waals surface area contributed by atoms with Crippen molar-refractivity contribution in [2.75, 3.05) is 13.1 Å². The molecule has 0 spiro atoms. The predicted molar refractivity (Wildman–Crippen MR) is 82.3 cm³/mol. The molecule has 0 aliphatic rings. The van der Waals surface area contributed by atoms with Gasteiger partial charge in [-0.2, -0.15) is 0 Å². The maximum atomic E-state index is 12.2. The lowest BCUT2D eigenvalue weighted by Crippen LogP contribution is -2.24. The molecule has 0 bridgehead atoms. The fraction of sp³-hybridized carbons (Fsp3) is 0.250. The van der Waals surface area contributed by atoms with Gasteiger partial charge in [0.15, 0.2) is 5.78 Å². The number of fused-ring (bicyclic) bond motifs is 1. The number of ketones is 1. The molecule has 2 aromatic heterocycles. The highest BCUT2D eigenvalue weighted by Crippen LogP contribution is 2.17. The molecule has 3 rings (SSSR count). The highest BCUT2D eigenvalue weighted by molar-refractivity contribution is 6.08. The summed E-state index contributed by atoms with van der Waals surface area (Å²) >= 11 is 0. The second kappa shape index (κ2) is 6.37. The number of rotatable bonds is 7. The molecular weight excluding hydrogens is 264 g/mol. The van der Waals surface area contributed by atoms with Crippen LogP contribution in [-0.2, 0) is 6.54 Å². The van der Waals surface area contributed by atoms with Gasteiger partial charge in [0.05, 0.1) is 12.9 Å². The quantitative estimate of drug-likeness (QED) is 0.516. The van der Waals surface area contributed by atoms with Crippen LogP contribution in [-0.4, -0.2) is 33.4 Å². The number of aryl methyl sites for hydroxylation is 1. The number of hydrogen-bond acceptors (Lipinski definition) is 3. The average Bonchev–Trinajstić information content (AvgIpc) is 3.16. The molecule has 1 aromatic carbocycles. The van der Waals surface area contributed by atoms with Crippen LogP contribution in [0.3, 0.4) is 0 Å². The Labute approximate surface area is 123 Å². The Kier molecular flexibility index (Phi) is 4.12. The summed E-state index contributed by atoms with van der Waals surface area (Å²) in [5, 5.41) is 4.19.